The van der Waals surface area contributed by atoms with E-state index in [2.05, 4.69) is 4.90 Å². The first kappa shape index (κ1) is 19.1. The van der Waals surface area contributed by atoms with E-state index in [-0.39, 0.29) is 5.63 Å². The average molecular weight is 397 g/mol. The van der Waals surface area contributed by atoms with Crippen LogP contribution in [0.5, 0.6) is 23.0 Å². The Morgan fingerprint density at radius 3 is 2.41 bits per heavy atom. The molecule has 1 aliphatic rings. The summed E-state index contributed by atoms with van der Waals surface area (Å²) in [4.78, 5) is 14.0. The van der Waals surface area contributed by atoms with Gasteiger partial charge in [0.05, 0.1) is 26.9 Å². The molecule has 29 heavy (non-hydrogen) atoms. The fourth-order valence-corrected chi connectivity index (χ4v) is 3.72. The predicted molar refractivity (Wildman–Crippen MR) is 108 cm³/mol. The number of rotatable bonds is 5. The van der Waals surface area contributed by atoms with Crippen molar-refractivity contribution in [2.24, 2.45) is 0 Å². The Morgan fingerprint density at radius 2 is 1.76 bits per heavy atom. The van der Waals surface area contributed by atoms with Crippen LogP contribution in [0.4, 0.5) is 0 Å². The summed E-state index contributed by atoms with van der Waals surface area (Å²) in [6, 6.07) is 9.21. The quantitative estimate of drug-likeness (QED) is 0.611. The highest BCUT2D eigenvalue weighted by atomic mass is 16.5. The molecule has 1 aliphatic heterocycles. The van der Waals surface area contributed by atoms with Crippen LogP contribution in [0.3, 0.4) is 0 Å². The number of aryl methyl sites for hydroxylation is 1. The van der Waals surface area contributed by atoms with Crippen molar-refractivity contribution in [2.75, 3.05) is 28.1 Å². The lowest BCUT2D eigenvalue weighted by Gasteiger charge is -2.29. The van der Waals surface area contributed by atoms with E-state index in [9.17, 15) is 4.79 Å². The van der Waals surface area contributed by atoms with Crippen molar-refractivity contribution >= 4 is 11.0 Å². The first-order valence-corrected chi connectivity index (χ1v) is 9.24. The van der Waals surface area contributed by atoms with Crippen LogP contribution in [0.25, 0.3) is 11.0 Å². The molecule has 0 unspecified atom stereocenters. The van der Waals surface area contributed by atoms with Crippen LogP contribution in [0.1, 0.15) is 16.7 Å². The van der Waals surface area contributed by atoms with E-state index < -0.39 is 0 Å². The number of benzene rings is 2. The van der Waals surface area contributed by atoms with Crippen molar-refractivity contribution in [2.45, 2.75) is 20.0 Å². The summed E-state index contributed by atoms with van der Waals surface area (Å²) in [6.45, 7) is 3.52. The van der Waals surface area contributed by atoms with Crippen molar-refractivity contribution in [1.82, 2.24) is 4.90 Å². The summed E-state index contributed by atoms with van der Waals surface area (Å²) >= 11 is 0. The standard InChI is InChI=1S/C22H23NO6/c1-13-7-20(24)29-21-15(13)5-6-17-16(21)11-23(12-28-17)10-14-8-18(25-2)22(27-4)19(9-14)26-3/h5-9H,10-12H2,1-4H3. The molecule has 0 bridgehead atoms. The molecule has 1 aromatic heterocycles. The first-order chi connectivity index (χ1) is 14.0. The number of fused-ring (bicyclic) bond motifs is 3. The molecular formula is C22H23NO6. The smallest absolute Gasteiger partial charge is 0.336 e. The van der Waals surface area contributed by atoms with Crippen molar-refractivity contribution in [3.63, 3.8) is 0 Å². The Hall–Kier alpha value is -3.19. The summed E-state index contributed by atoms with van der Waals surface area (Å²) < 4.78 is 27.7. The Kier molecular flexibility index (Phi) is 5.07. The second kappa shape index (κ2) is 7.67. The Bertz CT molecular complexity index is 1100. The second-order valence-electron chi connectivity index (χ2n) is 6.96. The lowest BCUT2D eigenvalue weighted by atomic mass is 10.0. The van der Waals surface area contributed by atoms with Crippen LogP contribution in [0.2, 0.25) is 0 Å². The number of methoxy groups -OCH3 is 3. The van der Waals surface area contributed by atoms with Gasteiger partial charge < -0.3 is 23.4 Å². The van der Waals surface area contributed by atoms with E-state index in [1.165, 1.54) is 6.07 Å². The van der Waals surface area contributed by atoms with E-state index in [1.54, 1.807) is 21.3 Å². The zero-order valence-electron chi connectivity index (χ0n) is 16.9. The van der Waals surface area contributed by atoms with E-state index in [1.807, 2.05) is 31.2 Å². The largest absolute Gasteiger partial charge is 0.493 e. The summed E-state index contributed by atoms with van der Waals surface area (Å²) in [5.74, 6) is 2.51. The molecule has 0 amide bonds. The predicted octanol–water partition coefficient (Wildman–Crippen LogP) is 3.48. The molecule has 2 aromatic carbocycles. The van der Waals surface area contributed by atoms with Gasteiger partial charge in [0.2, 0.25) is 5.75 Å². The highest BCUT2D eigenvalue weighted by Crippen LogP contribution is 2.39. The van der Waals surface area contributed by atoms with Crippen molar-refractivity contribution in [3.05, 3.63) is 57.4 Å². The molecule has 3 aromatic rings. The minimum atomic E-state index is -0.356. The van der Waals surface area contributed by atoms with Crippen LogP contribution in [-0.4, -0.2) is 33.0 Å². The van der Waals surface area contributed by atoms with Gasteiger partial charge in [-0.1, -0.05) is 0 Å². The molecule has 0 aliphatic carbocycles. The van der Waals surface area contributed by atoms with Crippen LogP contribution in [-0.2, 0) is 13.1 Å². The maximum atomic E-state index is 11.9. The molecule has 0 saturated heterocycles. The number of nitrogens with zero attached hydrogens (tertiary/aromatic N) is 1. The molecule has 0 spiro atoms. The van der Waals surface area contributed by atoms with Gasteiger partial charge in [0.25, 0.3) is 0 Å². The van der Waals surface area contributed by atoms with Gasteiger partial charge in [-0.3, -0.25) is 4.90 Å². The third-order valence-electron chi connectivity index (χ3n) is 5.09. The maximum Gasteiger partial charge on any atom is 0.336 e. The van der Waals surface area contributed by atoms with Gasteiger partial charge in [0.1, 0.15) is 18.1 Å². The lowest BCUT2D eigenvalue weighted by molar-refractivity contribution is 0.0888. The normalized spacial score (nSPS) is 13.7. The summed E-state index contributed by atoms with van der Waals surface area (Å²) in [6.07, 6.45) is 0. The molecule has 4 rings (SSSR count). The SMILES string of the molecule is COc1cc(CN2COc3ccc4c(C)cc(=O)oc4c3C2)cc(OC)c1OC. The summed E-state index contributed by atoms with van der Waals surface area (Å²) in [5.41, 5.74) is 2.99. The topological polar surface area (TPSA) is 70.4 Å². The zero-order chi connectivity index (χ0) is 20.5. The Morgan fingerprint density at radius 1 is 1.03 bits per heavy atom. The van der Waals surface area contributed by atoms with Crippen molar-refractivity contribution < 1.29 is 23.4 Å². The molecule has 0 radical (unpaired) electrons. The first-order valence-electron chi connectivity index (χ1n) is 9.24. The van der Waals surface area contributed by atoms with Gasteiger partial charge in [0, 0.05) is 24.5 Å². The van der Waals surface area contributed by atoms with E-state index in [4.69, 9.17) is 23.4 Å². The molecular weight excluding hydrogens is 374 g/mol. The zero-order valence-corrected chi connectivity index (χ0v) is 16.9. The molecule has 2 heterocycles. The molecule has 0 fully saturated rings. The third kappa shape index (κ3) is 3.49. The average Bonchev–Trinajstić information content (AvgIpc) is 2.72. The highest BCUT2D eigenvalue weighted by molar-refractivity contribution is 5.85. The minimum absolute atomic E-state index is 0.356. The van der Waals surface area contributed by atoms with Gasteiger partial charge >= 0.3 is 5.63 Å². The minimum Gasteiger partial charge on any atom is -0.493 e. The van der Waals surface area contributed by atoms with Crippen LogP contribution in [0, 0.1) is 6.92 Å². The van der Waals surface area contributed by atoms with Crippen molar-refractivity contribution in [3.8, 4) is 23.0 Å². The maximum absolute atomic E-state index is 11.9. The van der Waals surface area contributed by atoms with Crippen LogP contribution >= 0.6 is 0 Å². The number of hydrogen-bond donors (Lipinski definition) is 0. The monoisotopic (exact) mass is 397 g/mol. The third-order valence-corrected chi connectivity index (χ3v) is 5.09. The van der Waals surface area contributed by atoms with Crippen LogP contribution in [0.15, 0.2) is 39.5 Å². The Balaban J connectivity index is 1.67. The van der Waals surface area contributed by atoms with Gasteiger partial charge in [-0.15, -0.1) is 0 Å². The number of hydrogen-bond acceptors (Lipinski definition) is 7. The van der Waals surface area contributed by atoms with E-state index >= 15 is 0 Å². The molecule has 152 valence electrons. The van der Waals surface area contributed by atoms with Gasteiger partial charge in [0.15, 0.2) is 11.5 Å². The molecule has 0 atom stereocenters. The fraction of sp³-hybridized carbons (Fsp3) is 0.318. The van der Waals surface area contributed by atoms with Gasteiger partial charge in [-0.25, -0.2) is 4.79 Å². The molecule has 0 N–H and O–H groups in total. The summed E-state index contributed by atoms with van der Waals surface area (Å²) in [7, 11) is 4.77. The molecule has 7 nitrogen and oxygen atoms in total. The summed E-state index contributed by atoms with van der Waals surface area (Å²) in [5, 5.41) is 0.918. The van der Waals surface area contributed by atoms with E-state index in [0.29, 0.717) is 42.7 Å². The lowest BCUT2D eigenvalue weighted by Crippen LogP contribution is -2.31. The molecule has 0 saturated carbocycles. The Labute approximate surface area is 168 Å². The highest BCUT2D eigenvalue weighted by Gasteiger charge is 2.23. The second-order valence-corrected chi connectivity index (χ2v) is 6.96. The van der Waals surface area contributed by atoms with Gasteiger partial charge in [-0.05, 0) is 42.3 Å². The molecule has 7 heteroatoms. The van der Waals surface area contributed by atoms with Crippen molar-refractivity contribution in [1.29, 1.82) is 0 Å². The van der Waals surface area contributed by atoms with Crippen LogP contribution < -0.4 is 24.6 Å². The fourth-order valence-electron chi connectivity index (χ4n) is 3.72. The number of ether oxygens (including phenoxy) is 4. The van der Waals surface area contributed by atoms with E-state index in [0.717, 1.165) is 27.8 Å². The van der Waals surface area contributed by atoms with Gasteiger partial charge in [-0.2, -0.15) is 0 Å².